The molecule has 0 aliphatic rings. The van der Waals surface area contributed by atoms with Gasteiger partial charge in [0.25, 0.3) is 0 Å². The highest BCUT2D eigenvalue weighted by Gasteiger charge is 2.08. The largest absolute Gasteiger partial charge is 0.495 e. The summed E-state index contributed by atoms with van der Waals surface area (Å²) in [6.07, 6.45) is 0. The highest BCUT2D eigenvalue weighted by molar-refractivity contribution is 7.80. The molecule has 0 saturated carbocycles. The van der Waals surface area contributed by atoms with E-state index in [0.29, 0.717) is 22.1 Å². The smallest absolute Gasteiger partial charge is 0.142 e. The number of anilines is 2. The Bertz CT molecular complexity index is 664. The summed E-state index contributed by atoms with van der Waals surface area (Å²) in [6, 6.07) is 9.65. The van der Waals surface area contributed by atoms with Gasteiger partial charge in [-0.05, 0) is 36.4 Å². The Hall–Kier alpha value is -1.85. The quantitative estimate of drug-likeness (QED) is 0.842. The molecule has 0 saturated heterocycles. The second kappa shape index (κ2) is 6.07. The molecule has 2 aromatic rings. The lowest BCUT2D eigenvalue weighted by Gasteiger charge is -2.12. The molecule has 3 N–H and O–H groups in total. The maximum absolute atomic E-state index is 13.8. The Labute approximate surface area is 126 Å². The lowest BCUT2D eigenvalue weighted by Crippen LogP contribution is -2.11. The predicted molar refractivity (Wildman–Crippen MR) is 83.6 cm³/mol. The van der Waals surface area contributed by atoms with Crippen molar-refractivity contribution in [1.82, 2.24) is 0 Å². The van der Waals surface area contributed by atoms with Crippen LogP contribution in [0.15, 0.2) is 36.4 Å². The van der Waals surface area contributed by atoms with Crippen LogP contribution in [0.25, 0.3) is 0 Å². The number of rotatable bonds is 4. The van der Waals surface area contributed by atoms with Gasteiger partial charge in [-0.25, -0.2) is 4.39 Å². The standard InChI is InChI=1S/C14H12ClFN2OS/c1-19-13-5-2-8(15)6-12(13)18-9-3-4-10(14(17)20)11(16)7-9/h2-7,18H,1H3,(H2,17,20). The molecule has 0 aromatic heterocycles. The zero-order chi connectivity index (χ0) is 14.7. The van der Waals surface area contributed by atoms with Crippen molar-refractivity contribution in [3.8, 4) is 5.75 Å². The van der Waals surface area contributed by atoms with Gasteiger partial charge in [0, 0.05) is 16.3 Å². The van der Waals surface area contributed by atoms with Crippen molar-refractivity contribution in [2.24, 2.45) is 5.73 Å². The van der Waals surface area contributed by atoms with Gasteiger partial charge >= 0.3 is 0 Å². The van der Waals surface area contributed by atoms with Crippen molar-refractivity contribution in [3.05, 3.63) is 52.8 Å². The summed E-state index contributed by atoms with van der Waals surface area (Å²) in [5.41, 5.74) is 6.81. The SMILES string of the molecule is COc1ccc(Cl)cc1Nc1ccc(C(N)=S)c(F)c1. The van der Waals surface area contributed by atoms with E-state index in [0.717, 1.165) is 0 Å². The summed E-state index contributed by atoms with van der Waals surface area (Å²) in [7, 11) is 1.55. The maximum Gasteiger partial charge on any atom is 0.142 e. The van der Waals surface area contributed by atoms with Crippen LogP contribution in [-0.2, 0) is 0 Å². The number of methoxy groups -OCH3 is 1. The van der Waals surface area contributed by atoms with Crippen LogP contribution >= 0.6 is 23.8 Å². The monoisotopic (exact) mass is 310 g/mol. The Balaban J connectivity index is 2.33. The normalized spacial score (nSPS) is 10.2. The number of benzene rings is 2. The average Bonchev–Trinajstić information content (AvgIpc) is 2.38. The van der Waals surface area contributed by atoms with Crippen LogP contribution in [-0.4, -0.2) is 12.1 Å². The molecule has 6 heteroatoms. The van der Waals surface area contributed by atoms with Crippen molar-refractivity contribution in [2.75, 3.05) is 12.4 Å². The minimum atomic E-state index is -0.483. The first-order valence-electron chi connectivity index (χ1n) is 5.71. The number of nitrogens with two attached hydrogens (primary N) is 1. The van der Waals surface area contributed by atoms with Crippen LogP contribution in [0, 0.1) is 5.82 Å². The minimum absolute atomic E-state index is 0.0226. The van der Waals surface area contributed by atoms with Crippen LogP contribution < -0.4 is 15.8 Å². The topological polar surface area (TPSA) is 47.3 Å². The molecule has 0 heterocycles. The molecule has 0 amide bonds. The summed E-state index contributed by atoms with van der Waals surface area (Å²) in [4.78, 5) is 0.0226. The summed E-state index contributed by atoms with van der Waals surface area (Å²) < 4.78 is 19.0. The van der Waals surface area contributed by atoms with E-state index in [-0.39, 0.29) is 10.6 Å². The van der Waals surface area contributed by atoms with Gasteiger partial charge in [-0.1, -0.05) is 23.8 Å². The van der Waals surface area contributed by atoms with Crippen molar-refractivity contribution >= 4 is 40.2 Å². The Morgan fingerprint density at radius 3 is 2.65 bits per heavy atom. The number of hydrogen-bond acceptors (Lipinski definition) is 3. The fraction of sp³-hybridized carbons (Fsp3) is 0.0714. The van der Waals surface area contributed by atoms with E-state index < -0.39 is 5.82 Å². The van der Waals surface area contributed by atoms with Gasteiger partial charge in [0.15, 0.2) is 0 Å². The van der Waals surface area contributed by atoms with Crippen molar-refractivity contribution in [1.29, 1.82) is 0 Å². The van der Waals surface area contributed by atoms with E-state index in [1.54, 1.807) is 31.4 Å². The van der Waals surface area contributed by atoms with E-state index in [1.165, 1.54) is 12.1 Å². The molecule has 104 valence electrons. The molecule has 2 aromatic carbocycles. The zero-order valence-electron chi connectivity index (χ0n) is 10.6. The number of hydrogen-bond donors (Lipinski definition) is 2. The predicted octanol–water partition coefficient (Wildman–Crippen LogP) is 3.87. The van der Waals surface area contributed by atoms with E-state index in [2.05, 4.69) is 5.32 Å². The van der Waals surface area contributed by atoms with E-state index in [4.69, 9.17) is 34.3 Å². The van der Waals surface area contributed by atoms with E-state index >= 15 is 0 Å². The van der Waals surface area contributed by atoms with Gasteiger partial charge in [0.05, 0.1) is 12.8 Å². The molecular formula is C14H12ClFN2OS. The molecule has 0 unspecified atom stereocenters. The molecule has 0 radical (unpaired) electrons. The maximum atomic E-state index is 13.8. The third-order valence-electron chi connectivity index (χ3n) is 2.68. The lowest BCUT2D eigenvalue weighted by atomic mass is 10.2. The van der Waals surface area contributed by atoms with Crippen LogP contribution in [0.5, 0.6) is 5.75 Å². The Kier molecular flexibility index (Phi) is 4.42. The van der Waals surface area contributed by atoms with Crippen LogP contribution in [0.2, 0.25) is 5.02 Å². The molecule has 0 spiro atoms. The molecule has 0 atom stereocenters. The molecule has 3 nitrogen and oxygen atoms in total. The van der Waals surface area contributed by atoms with Gasteiger partial charge in [0.2, 0.25) is 0 Å². The summed E-state index contributed by atoms with van der Waals surface area (Å²) in [5, 5.41) is 3.59. The van der Waals surface area contributed by atoms with Gasteiger partial charge < -0.3 is 15.8 Å². The molecule has 2 rings (SSSR count). The molecule has 0 aliphatic carbocycles. The molecule has 0 aliphatic heterocycles. The first kappa shape index (κ1) is 14.6. The average molecular weight is 311 g/mol. The highest BCUT2D eigenvalue weighted by atomic mass is 35.5. The van der Waals surface area contributed by atoms with Gasteiger partial charge in [0.1, 0.15) is 16.6 Å². The molecule has 0 fully saturated rings. The molecule has 20 heavy (non-hydrogen) atoms. The second-order valence-corrected chi connectivity index (χ2v) is 4.90. The first-order valence-corrected chi connectivity index (χ1v) is 6.50. The fourth-order valence-corrected chi connectivity index (χ4v) is 2.06. The Morgan fingerprint density at radius 1 is 1.30 bits per heavy atom. The second-order valence-electron chi connectivity index (χ2n) is 4.03. The van der Waals surface area contributed by atoms with Crippen molar-refractivity contribution in [3.63, 3.8) is 0 Å². The lowest BCUT2D eigenvalue weighted by molar-refractivity contribution is 0.417. The van der Waals surface area contributed by atoms with Gasteiger partial charge in [-0.15, -0.1) is 0 Å². The Morgan fingerprint density at radius 2 is 2.05 bits per heavy atom. The fourth-order valence-electron chi connectivity index (χ4n) is 1.73. The van der Waals surface area contributed by atoms with Crippen LogP contribution in [0.3, 0.4) is 0 Å². The van der Waals surface area contributed by atoms with Crippen LogP contribution in [0.1, 0.15) is 5.56 Å². The number of halogens is 2. The van der Waals surface area contributed by atoms with Crippen LogP contribution in [0.4, 0.5) is 15.8 Å². The number of ether oxygens (including phenoxy) is 1. The van der Waals surface area contributed by atoms with Crippen molar-refractivity contribution < 1.29 is 9.13 Å². The van der Waals surface area contributed by atoms with E-state index in [9.17, 15) is 4.39 Å². The highest BCUT2D eigenvalue weighted by Crippen LogP contribution is 2.30. The third kappa shape index (κ3) is 3.18. The number of nitrogens with one attached hydrogen (secondary N) is 1. The summed E-state index contributed by atoms with van der Waals surface area (Å²) >= 11 is 10.7. The van der Waals surface area contributed by atoms with Gasteiger partial charge in [-0.3, -0.25) is 0 Å². The van der Waals surface area contributed by atoms with E-state index in [1.807, 2.05) is 0 Å². The molecule has 0 bridgehead atoms. The minimum Gasteiger partial charge on any atom is -0.495 e. The van der Waals surface area contributed by atoms with Crippen molar-refractivity contribution in [2.45, 2.75) is 0 Å². The first-order chi connectivity index (χ1) is 9.51. The third-order valence-corrected chi connectivity index (χ3v) is 3.13. The molecular weight excluding hydrogens is 299 g/mol. The van der Waals surface area contributed by atoms with Gasteiger partial charge in [-0.2, -0.15) is 0 Å². The zero-order valence-corrected chi connectivity index (χ0v) is 12.2. The summed E-state index contributed by atoms with van der Waals surface area (Å²) in [6.45, 7) is 0. The summed E-state index contributed by atoms with van der Waals surface area (Å²) in [5.74, 6) is 0.122. The number of thiocarbonyl (C=S) groups is 1.